The molecule has 1 aromatic carbocycles. The van der Waals surface area contributed by atoms with Crippen LogP contribution in [0.4, 0.5) is 5.69 Å². The van der Waals surface area contributed by atoms with Crippen molar-refractivity contribution in [3.8, 4) is 11.3 Å². The molecule has 0 unspecified atom stereocenters. The first-order chi connectivity index (χ1) is 11.3. The van der Waals surface area contributed by atoms with Crippen LogP contribution in [0.5, 0.6) is 0 Å². The van der Waals surface area contributed by atoms with Gasteiger partial charge in [0.2, 0.25) is 0 Å². The van der Waals surface area contributed by atoms with Gasteiger partial charge in [-0.25, -0.2) is 8.42 Å². The molecule has 0 radical (unpaired) electrons. The van der Waals surface area contributed by atoms with E-state index in [1.807, 2.05) is 19.1 Å². The molecule has 5 nitrogen and oxygen atoms in total. The molecule has 0 saturated heterocycles. The lowest BCUT2D eigenvalue weighted by Crippen LogP contribution is -2.11. The average molecular weight is 362 g/mol. The molecule has 0 fully saturated rings. The molecule has 1 N–H and O–H groups in total. The summed E-state index contributed by atoms with van der Waals surface area (Å²) in [6.07, 6.45) is 0. The molecular formula is C17H18N2O3S2. The summed E-state index contributed by atoms with van der Waals surface area (Å²) in [5.74, 6) is 0.965. The van der Waals surface area contributed by atoms with Crippen molar-refractivity contribution in [2.45, 2.75) is 30.9 Å². The summed E-state index contributed by atoms with van der Waals surface area (Å²) in [5, 5.41) is 5.57. The molecule has 0 atom stereocenters. The Balaban J connectivity index is 1.82. The molecule has 0 bridgehead atoms. The Morgan fingerprint density at radius 2 is 1.88 bits per heavy atom. The fourth-order valence-electron chi connectivity index (χ4n) is 2.23. The molecule has 0 spiro atoms. The van der Waals surface area contributed by atoms with Gasteiger partial charge in [0, 0.05) is 22.7 Å². The minimum Gasteiger partial charge on any atom is -0.356 e. The van der Waals surface area contributed by atoms with E-state index in [-0.39, 0.29) is 4.21 Å². The van der Waals surface area contributed by atoms with Crippen molar-refractivity contribution in [3.63, 3.8) is 0 Å². The Morgan fingerprint density at radius 3 is 2.46 bits per heavy atom. The van der Waals surface area contributed by atoms with E-state index in [1.165, 1.54) is 0 Å². The highest BCUT2D eigenvalue weighted by Gasteiger charge is 2.19. The average Bonchev–Trinajstić information content (AvgIpc) is 3.16. The Morgan fingerprint density at radius 1 is 1.17 bits per heavy atom. The van der Waals surface area contributed by atoms with Gasteiger partial charge in [-0.3, -0.25) is 4.72 Å². The maximum atomic E-state index is 12.5. The third-order valence-corrected chi connectivity index (χ3v) is 6.40. The summed E-state index contributed by atoms with van der Waals surface area (Å²) < 4.78 is 33.1. The molecule has 3 rings (SSSR count). The van der Waals surface area contributed by atoms with E-state index in [0.29, 0.717) is 22.9 Å². The quantitative estimate of drug-likeness (QED) is 0.718. The second kappa shape index (κ2) is 6.41. The van der Waals surface area contributed by atoms with E-state index in [1.54, 1.807) is 29.6 Å². The largest absolute Gasteiger partial charge is 0.356 e. The van der Waals surface area contributed by atoms with Gasteiger partial charge in [-0.15, -0.1) is 11.3 Å². The van der Waals surface area contributed by atoms with Crippen molar-refractivity contribution < 1.29 is 12.9 Å². The standard InChI is InChI=1S/C17H18N2O3S2/c1-11(2)13-4-6-15(7-5-13)19-24(20,21)17-9-14(10-23-17)16-8-12(3)18-22-16/h4-11,19H,1-3H3. The number of hydrogen-bond donors (Lipinski definition) is 1. The van der Waals surface area contributed by atoms with E-state index in [4.69, 9.17) is 4.52 Å². The Bertz CT molecular complexity index is 938. The number of thiophene rings is 1. The first-order valence-electron chi connectivity index (χ1n) is 7.50. The zero-order valence-electron chi connectivity index (χ0n) is 13.6. The zero-order chi connectivity index (χ0) is 17.3. The van der Waals surface area contributed by atoms with Gasteiger partial charge in [-0.2, -0.15) is 0 Å². The molecular weight excluding hydrogens is 344 g/mol. The summed E-state index contributed by atoms with van der Waals surface area (Å²) in [7, 11) is -3.62. The second-order valence-electron chi connectivity index (χ2n) is 5.87. The van der Waals surface area contributed by atoms with Crippen molar-refractivity contribution in [1.29, 1.82) is 0 Å². The van der Waals surface area contributed by atoms with E-state index in [2.05, 4.69) is 23.7 Å². The molecule has 3 aromatic rings. The number of sulfonamides is 1. The fraction of sp³-hybridized carbons (Fsp3) is 0.235. The van der Waals surface area contributed by atoms with Crippen LogP contribution in [0, 0.1) is 6.92 Å². The van der Waals surface area contributed by atoms with Gasteiger partial charge in [0.25, 0.3) is 10.0 Å². The fourth-order valence-corrected chi connectivity index (χ4v) is 4.46. The van der Waals surface area contributed by atoms with Crippen molar-refractivity contribution in [2.24, 2.45) is 0 Å². The normalized spacial score (nSPS) is 11.8. The maximum absolute atomic E-state index is 12.5. The molecule has 0 aliphatic rings. The molecule has 0 aliphatic heterocycles. The summed E-state index contributed by atoms with van der Waals surface area (Å²) in [5.41, 5.74) is 3.17. The SMILES string of the molecule is Cc1cc(-c2csc(S(=O)(=O)Nc3ccc(C(C)C)cc3)c2)on1. The Kier molecular flexibility index (Phi) is 4.47. The minimum atomic E-state index is -3.62. The van der Waals surface area contributed by atoms with Gasteiger partial charge in [-0.05, 0) is 36.6 Å². The summed E-state index contributed by atoms with van der Waals surface area (Å²) >= 11 is 1.15. The van der Waals surface area contributed by atoms with E-state index in [0.717, 1.165) is 22.6 Å². The highest BCUT2D eigenvalue weighted by molar-refractivity contribution is 7.94. The third kappa shape index (κ3) is 3.52. The molecule has 0 amide bonds. The third-order valence-electron chi connectivity index (χ3n) is 3.58. The summed E-state index contributed by atoms with van der Waals surface area (Å²) in [6.45, 7) is 6.01. The summed E-state index contributed by atoms with van der Waals surface area (Å²) in [6, 6.07) is 10.8. The molecule has 2 heterocycles. The minimum absolute atomic E-state index is 0.236. The Hall–Kier alpha value is -2.12. The van der Waals surface area contributed by atoms with Crippen molar-refractivity contribution in [2.75, 3.05) is 4.72 Å². The maximum Gasteiger partial charge on any atom is 0.271 e. The van der Waals surface area contributed by atoms with Crippen LogP contribution in [0.1, 0.15) is 31.0 Å². The monoisotopic (exact) mass is 362 g/mol. The van der Waals surface area contributed by atoms with Crippen LogP contribution in [-0.4, -0.2) is 13.6 Å². The van der Waals surface area contributed by atoms with Crippen LogP contribution in [0.2, 0.25) is 0 Å². The molecule has 0 saturated carbocycles. The number of aryl methyl sites for hydroxylation is 1. The second-order valence-corrected chi connectivity index (χ2v) is 8.69. The molecule has 0 aliphatic carbocycles. The first-order valence-corrected chi connectivity index (χ1v) is 9.86. The van der Waals surface area contributed by atoms with Crippen LogP contribution < -0.4 is 4.72 Å². The highest BCUT2D eigenvalue weighted by Crippen LogP contribution is 2.30. The number of benzene rings is 1. The number of anilines is 1. The van der Waals surface area contributed by atoms with Crippen molar-refractivity contribution in [1.82, 2.24) is 5.16 Å². The topological polar surface area (TPSA) is 72.2 Å². The van der Waals surface area contributed by atoms with Crippen LogP contribution >= 0.6 is 11.3 Å². The van der Waals surface area contributed by atoms with E-state index in [9.17, 15) is 8.42 Å². The van der Waals surface area contributed by atoms with Crippen LogP contribution in [0.25, 0.3) is 11.3 Å². The van der Waals surface area contributed by atoms with Crippen molar-refractivity contribution >= 4 is 27.0 Å². The number of nitrogens with zero attached hydrogens (tertiary/aromatic N) is 1. The lowest BCUT2D eigenvalue weighted by molar-refractivity contribution is 0.427. The lowest BCUT2D eigenvalue weighted by Gasteiger charge is -2.09. The van der Waals surface area contributed by atoms with Gasteiger partial charge < -0.3 is 4.52 Å². The van der Waals surface area contributed by atoms with Gasteiger partial charge >= 0.3 is 0 Å². The lowest BCUT2D eigenvalue weighted by atomic mass is 10.0. The molecule has 7 heteroatoms. The van der Waals surface area contributed by atoms with Gasteiger partial charge in [-0.1, -0.05) is 31.1 Å². The number of hydrogen-bond acceptors (Lipinski definition) is 5. The zero-order valence-corrected chi connectivity index (χ0v) is 15.2. The Labute approximate surface area is 145 Å². The molecule has 126 valence electrons. The van der Waals surface area contributed by atoms with E-state index < -0.39 is 10.0 Å². The number of aromatic nitrogens is 1. The van der Waals surface area contributed by atoms with Crippen LogP contribution in [0.15, 0.2) is 50.5 Å². The van der Waals surface area contributed by atoms with E-state index >= 15 is 0 Å². The van der Waals surface area contributed by atoms with Crippen LogP contribution in [0.3, 0.4) is 0 Å². The number of nitrogens with one attached hydrogen (secondary N) is 1. The van der Waals surface area contributed by atoms with Crippen molar-refractivity contribution in [3.05, 3.63) is 53.0 Å². The van der Waals surface area contributed by atoms with Gasteiger partial charge in [0.05, 0.1) is 5.69 Å². The van der Waals surface area contributed by atoms with Gasteiger partial charge in [0.1, 0.15) is 4.21 Å². The predicted octanol–water partition coefficient (Wildman–Crippen LogP) is 4.64. The number of rotatable bonds is 5. The summed E-state index contributed by atoms with van der Waals surface area (Å²) in [4.78, 5) is 0. The smallest absolute Gasteiger partial charge is 0.271 e. The van der Waals surface area contributed by atoms with Crippen LogP contribution in [-0.2, 0) is 10.0 Å². The molecule has 2 aromatic heterocycles. The highest BCUT2D eigenvalue weighted by atomic mass is 32.2. The molecule has 24 heavy (non-hydrogen) atoms. The van der Waals surface area contributed by atoms with Gasteiger partial charge in [0.15, 0.2) is 5.76 Å². The predicted molar refractivity (Wildman–Crippen MR) is 95.9 cm³/mol. The first kappa shape index (κ1) is 16.7.